The van der Waals surface area contributed by atoms with Crippen molar-refractivity contribution in [2.75, 3.05) is 6.54 Å². The van der Waals surface area contributed by atoms with Gasteiger partial charge in [-0.2, -0.15) is 0 Å². The first-order valence-electron chi connectivity index (χ1n) is 8.07. The zero-order valence-electron chi connectivity index (χ0n) is 13.0. The second-order valence-corrected chi connectivity index (χ2v) is 5.63. The van der Waals surface area contributed by atoms with Crippen LogP contribution < -0.4 is 5.32 Å². The highest BCUT2D eigenvalue weighted by Gasteiger charge is 2.17. The number of nitrogens with one attached hydrogen (secondary N) is 1. The number of unbranched alkanes of at least 4 members (excludes halogenated alkanes) is 4. The Hall–Kier alpha value is -0.820. The minimum Gasteiger partial charge on any atom is -0.310 e. The third-order valence-corrected chi connectivity index (χ3v) is 3.91. The van der Waals surface area contributed by atoms with Crippen molar-refractivity contribution >= 4 is 0 Å². The molecule has 1 rings (SSSR count). The van der Waals surface area contributed by atoms with Crippen LogP contribution in [0, 0.1) is 5.92 Å². The van der Waals surface area contributed by atoms with Crippen molar-refractivity contribution in [3.8, 4) is 0 Å². The molecule has 0 aliphatic carbocycles. The number of hydrogen-bond acceptors (Lipinski definition) is 1. The van der Waals surface area contributed by atoms with Crippen LogP contribution in [0.2, 0.25) is 0 Å². The normalized spacial score (nSPS) is 14.3. The van der Waals surface area contributed by atoms with Crippen LogP contribution >= 0.6 is 0 Å². The molecule has 1 aromatic rings. The summed E-state index contributed by atoms with van der Waals surface area (Å²) >= 11 is 0. The molecule has 0 spiro atoms. The Morgan fingerprint density at radius 1 is 0.947 bits per heavy atom. The van der Waals surface area contributed by atoms with Crippen LogP contribution in [-0.2, 0) is 0 Å². The Balaban J connectivity index is 2.42. The molecule has 1 aromatic carbocycles. The third-order valence-electron chi connectivity index (χ3n) is 3.91. The molecule has 0 saturated carbocycles. The van der Waals surface area contributed by atoms with Crippen LogP contribution in [0.1, 0.15) is 70.9 Å². The number of hydrogen-bond donors (Lipinski definition) is 1. The zero-order chi connectivity index (χ0) is 13.9. The fourth-order valence-corrected chi connectivity index (χ4v) is 2.76. The molecule has 2 atom stereocenters. The van der Waals surface area contributed by atoms with Crippen LogP contribution in [0.25, 0.3) is 0 Å². The molecule has 0 fully saturated rings. The van der Waals surface area contributed by atoms with Crippen molar-refractivity contribution in [3.63, 3.8) is 0 Å². The van der Waals surface area contributed by atoms with Gasteiger partial charge >= 0.3 is 0 Å². The largest absolute Gasteiger partial charge is 0.310 e. The molecule has 0 aliphatic rings. The zero-order valence-corrected chi connectivity index (χ0v) is 13.0. The molecule has 0 radical (unpaired) electrons. The summed E-state index contributed by atoms with van der Waals surface area (Å²) in [6.45, 7) is 7.91. The molecule has 0 heterocycles. The molecule has 0 amide bonds. The minimum atomic E-state index is 0.511. The van der Waals surface area contributed by atoms with Crippen LogP contribution in [0.15, 0.2) is 30.3 Å². The van der Waals surface area contributed by atoms with Crippen LogP contribution in [-0.4, -0.2) is 6.54 Å². The van der Waals surface area contributed by atoms with Crippen LogP contribution in [0.3, 0.4) is 0 Å². The average molecular weight is 261 g/mol. The van der Waals surface area contributed by atoms with Gasteiger partial charge in [-0.25, -0.2) is 0 Å². The third kappa shape index (κ3) is 6.24. The van der Waals surface area contributed by atoms with Gasteiger partial charge in [0, 0.05) is 6.04 Å². The maximum atomic E-state index is 3.65. The maximum absolute atomic E-state index is 3.65. The second kappa shape index (κ2) is 10.0. The van der Waals surface area contributed by atoms with Gasteiger partial charge in [-0.15, -0.1) is 0 Å². The van der Waals surface area contributed by atoms with E-state index >= 15 is 0 Å². The lowest BCUT2D eigenvalue weighted by molar-refractivity contribution is 0.358. The first-order valence-corrected chi connectivity index (χ1v) is 8.07. The Morgan fingerprint density at radius 2 is 1.63 bits per heavy atom. The molecule has 0 saturated heterocycles. The monoisotopic (exact) mass is 261 g/mol. The molecular weight excluding hydrogens is 230 g/mol. The highest BCUT2D eigenvalue weighted by molar-refractivity contribution is 5.19. The van der Waals surface area contributed by atoms with Crippen molar-refractivity contribution in [1.82, 2.24) is 5.32 Å². The smallest absolute Gasteiger partial charge is 0.0345 e. The molecule has 0 bridgehead atoms. The summed E-state index contributed by atoms with van der Waals surface area (Å²) in [5.41, 5.74) is 1.44. The van der Waals surface area contributed by atoms with Crippen molar-refractivity contribution in [2.45, 2.75) is 65.3 Å². The summed E-state index contributed by atoms with van der Waals surface area (Å²) in [5, 5.41) is 3.65. The van der Waals surface area contributed by atoms with E-state index in [2.05, 4.69) is 56.4 Å². The summed E-state index contributed by atoms with van der Waals surface area (Å²) in [6.07, 6.45) is 8.22. The molecule has 1 nitrogen and oxygen atoms in total. The van der Waals surface area contributed by atoms with Crippen molar-refractivity contribution < 1.29 is 0 Å². The summed E-state index contributed by atoms with van der Waals surface area (Å²) < 4.78 is 0. The lowest BCUT2D eigenvalue weighted by atomic mass is 9.90. The Labute approximate surface area is 119 Å². The van der Waals surface area contributed by atoms with E-state index in [9.17, 15) is 0 Å². The van der Waals surface area contributed by atoms with Gasteiger partial charge in [0.15, 0.2) is 0 Å². The van der Waals surface area contributed by atoms with E-state index in [-0.39, 0.29) is 0 Å². The van der Waals surface area contributed by atoms with E-state index in [4.69, 9.17) is 0 Å². The van der Waals surface area contributed by atoms with Gasteiger partial charge < -0.3 is 5.32 Å². The van der Waals surface area contributed by atoms with E-state index < -0.39 is 0 Å². The molecule has 19 heavy (non-hydrogen) atoms. The lowest BCUT2D eigenvalue weighted by Crippen LogP contribution is -2.26. The number of benzene rings is 1. The molecule has 1 N–H and O–H groups in total. The van der Waals surface area contributed by atoms with E-state index in [1.54, 1.807) is 0 Å². The quantitative estimate of drug-likeness (QED) is 0.561. The SMILES string of the molecule is CCCCCCCC(C)C(NCC)c1ccccc1. The molecule has 108 valence electrons. The summed E-state index contributed by atoms with van der Waals surface area (Å²) in [4.78, 5) is 0. The van der Waals surface area contributed by atoms with Crippen LogP contribution in [0.5, 0.6) is 0 Å². The minimum absolute atomic E-state index is 0.511. The van der Waals surface area contributed by atoms with Gasteiger partial charge in [-0.3, -0.25) is 0 Å². The second-order valence-electron chi connectivity index (χ2n) is 5.63. The van der Waals surface area contributed by atoms with Gasteiger partial charge in [0.25, 0.3) is 0 Å². The predicted octanol–water partition coefficient (Wildman–Crippen LogP) is 5.33. The molecule has 0 aromatic heterocycles. The summed E-state index contributed by atoms with van der Waals surface area (Å²) in [5.74, 6) is 0.712. The maximum Gasteiger partial charge on any atom is 0.0345 e. The van der Waals surface area contributed by atoms with Gasteiger partial charge in [0.2, 0.25) is 0 Å². The first kappa shape index (κ1) is 16.2. The van der Waals surface area contributed by atoms with E-state index in [1.165, 1.54) is 44.1 Å². The summed E-state index contributed by atoms with van der Waals surface area (Å²) in [6, 6.07) is 11.4. The van der Waals surface area contributed by atoms with Crippen molar-refractivity contribution in [3.05, 3.63) is 35.9 Å². The van der Waals surface area contributed by atoms with Gasteiger partial charge in [0.1, 0.15) is 0 Å². The topological polar surface area (TPSA) is 12.0 Å². The average Bonchev–Trinajstić information content (AvgIpc) is 2.45. The fraction of sp³-hybridized carbons (Fsp3) is 0.667. The van der Waals surface area contributed by atoms with E-state index in [1.807, 2.05) is 0 Å². The first-order chi connectivity index (χ1) is 9.29. The Bertz CT molecular complexity index is 307. The van der Waals surface area contributed by atoms with E-state index in [0.29, 0.717) is 12.0 Å². The van der Waals surface area contributed by atoms with Gasteiger partial charge in [-0.05, 0) is 24.4 Å². The van der Waals surface area contributed by atoms with E-state index in [0.717, 1.165) is 6.54 Å². The lowest BCUT2D eigenvalue weighted by Gasteiger charge is -2.25. The molecular formula is C18H31N. The highest BCUT2D eigenvalue weighted by atomic mass is 14.9. The fourth-order valence-electron chi connectivity index (χ4n) is 2.76. The predicted molar refractivity (Wildman–Crippen MR) is 85.4 cm³/mol. The Morgan fingerprint density at radius 3 is 2.26 bits per heavy atom. The van der Waals surface area contributed by atoms with Gasteiger partial charge in [0.05, 0.1) is 0 Å². The summed E-state index contributed by atoms with van der Waals surface area (Å²) in [7, 11) is 0. The number of rotatable bonds is 10. The highest BCUT2D eigenvalue weighted by Crippen LogP contribution is 2.26. The van der Waals surface area contributed by atoms with Crippen molar-refractivity contribution in [1.29, 1.82) is 0 Å². The molecule has 2 unspecified atom stereocenters. The van der Waals surface area contributed by atoms with Gasteiger partial charge in [-0.1, -0.05) is 83.2 Å². The van der Waals surface area contributed by atoms with Crippen molar-refractivity contribution in [2.24, 2.45) is 5.92 Å². The van der Waals surface area contributed by atoms with Crippen LogP contribution in [0.4, 0.5) is 0 Å². The standard InChI is InChI=1S/C18H31N/c1-4-6-7-8-10-13-16(3)18(19-5-2)17-14-11-9-12-15-17/h9,11-12,14-16,18-19H,4-8,10,13H2,1-3H3. The Kier molecular flexibility index (Phi) is 8.57. The molecule has 0 aliphatic heterocycles. The molecule has 1 heteroatoms.